The molecule has 18 heavy (non-hydrogen) atoms. The minimum absolute atomic E-state index is 0.211. The van der Waals surface area contributed by atoms with Gasteiger partial charge in [0.15, 0.2) is 17.0 Å². The maximum Gasteiger partial charge on any atom is 0.417 e. The lowest BCUT2D eigenvalue weighted by molar-refractivity contribution is -0.138. The fraction of sp³-hybridized carbons (Fsp3) is 0.222. The molecule has 0 saturated carbocycles. The van der Waals surface area contributed by atoms with Gasteiger partial charge in [0, 0.05) is 4.47 Å². The van der Waals surface area contributed by atoms with Gasteiger partial charge in [0.1, 0.15) is 0 Å². The Morgan fingerprint density at radius 1 is 1.44 bits per heavy atom. The number of carbonyl (C=O) groups is 1. The van der Waals surface area contributed by atoms with E-state index in [1.807, 2.05) is 0 Å². The van der Waals surface area contributed by atoms with Gasteiger partial charge >= 0.3 is 12.1 Å². The summed E-state index contributed by atoms with van der Waals surface area (Å²) in [5.41, 5.74) is -1.38. The number of esters is 1. The van der Waals surface area contributed by atoms with E-state index in [0.717, 1.165) is 12.1 Å². The molecule has 0 bridgehead atoms. The lowest BCUT2D eigenvalue weighted by Gasteiger charge is -2.10. The second-order valence-electron chi connectivity index (χ2n) is 3.06. The summed E-state index contributed by atoms with van der Waals surface area (Å²) in [5.74, 6) is -1.90. The highest BCUT2D eigenvalue weighted by molar-refractivity contribution is 9.10. The average molecular weight is 347 g/mol. The van der Waals surface area contributed by atoms with E-state index >= 15 is 0 Å². The van der Waals surface area contributed by atoms with Crippen LogP contribution in [0.25, 0.3) is 0 Å². The smallest absolute Gasteiger partial charge is 0.417 e. The van der Waals surface area contributed by atoms with Gasteiger partial charge in [0.05, 0.1) is 11.1 Å². The largest absolute Gasteiger partial charge is 0.446 e. The van der Waals surface area contributed by atoms with Gasteiger partial charge in [-0.2, -0.15) is 13.2 Å². The molecule has 0 heterocycles. The van der Waals surface area contributed by atoms with Gasteiger partial charge in [-0.1, -0.05) is 15.9 Å². The van der Waals surface area contributed by atoms with Gasteiger partial charge < -0.3 is 9.29 Å². The molecule has 9 heteroatoms. The zero-order valence-corrected chi connectivity index (χ0v) is 10.9. The minimum atomic E-state index is -4.62. The van der Waals surface area contributed by atoms with Crippen LogP contribution in [-0.2, 0) is 22.0 Å². The summed E-state index contributed by atoms with van der Waals surface area (Å²) in [7, 11) is 0. The van der Waals surface area contributed by atoms with Crippen LogP contribution >= 0.6 is 15.9 Å². The highest BCUT2D eigenvalue weighted by Crippen LogP contribution is 2.35. The zero-order chi connectivity index (χ0) is 13.9. The molecular weight excluding hydrogens is 341 g/mol. The Kier molecular flexibility index (Phi) is 4.88. The molecule has 1 aromatic carbocycles. The first-order valence-corrected chi connectivity index (χ1v) is 6.40. The Labute approximate surface area is 111 Å². The summed E-state index contributed by atoms with van der Waals surface area (Å²) in [6.07, 6.45) is -4.62. The Morgan fingerprint density at radius 2 is 2.06 bits per heavy atom. The standard InChI is InChI=1S/C9H6BrF3O4S/c10-7-2-1-5(3-6(7)9(11,12)13)8(14)17-4-18(15)16/h1-3H,4H2,(H,15,16). The molecule has 1 N–H and O–H groups in total. The summed E-state index contributed by atoms with van der Waals surface area (Å²) in [5, 5.41) is 0. The lowest BCUT2D eigenvalue weighted by Crippen LogP contribution is -2.12. The molecule has 0 aliphatic heterocycles. The van der Waals surface area contributed by atoms with E-state index in [0.29, 0.717) is 6.07 Å². The lowest BCUT2D eigenvalue weighted by atomic mass is 10.1. The molecule has 1 unspecified atom stereocenters. The number of carbonyl (C=O) groups excluding carboxylic acids is 1. The second kappa shape index (κ2) is 5.81. The highest BCUT2D eigenvalue weighted by Gasteiger charge is 2.33. The van der Waals surface area contributed by atoms with E-state index in [-0.39, 0.29) is 10.0 Å². The Morgan fingerprint density at radius 3 is 2.56 bits per heavy atom. The van der Waals surface area contributed by atoms with Crippen molar-refractivity contribution in [2.45, 2.75) is 6.18 Å². The van der Waals surface area contributed by atoms with E-state index in [4.69, 9.17) is 4.55 Å². The van der Waals surface area contributed by atoms with Crippen molar-refractivity contribution in [1.82, 2.24) is 0 Å². The summed E-state index contributed by atoms with van der Waals surface area (Å²) < 4.78 is 60.4. The van der Waals surface area contributed by atoms with E-state index in [9.17, 15) is 22.2 Å². The first-order valence-electron chi connectivity index (χ1n) is 4.33. The van der Waals surface area contributed by atoms with Crippen LogP contribution < -0.4 is 0 Å². The summed E-state index contributed by atoms with van der Waals surface area (Å²) in [6.45, 7) is 0. The third kappa shape index (κ3) is 4.07. The Hall–Kier alpha value is -0.930. The predicted octanol–water partition coefficient (Wildman–Crippen LogP) is 2.80. The number of hydrogen-bond acceptors (Lipinski definition) is 3. The van der Waals surface area contributed by atoms with Gasteiger partial charge in [-0.05, 0) is 18.2 Å². The molecule has 1 atom stereocenters. The molecule has 0 radical (unpaired) electrons. The summed E-state index contributed by atoms with van der Waals surface area (Å²) in [6, 6.07) is 2.77. The molecular formula is C9H6BrF3O4S. The fourth-order valence-corrected chi connectivity index (χ4v) is 1.74. The van der Waals surface area contributed by atoms with Crippen LogP contribution in [0.4, 0.5) is 13.2 Å². The first-order chi connectivity index (χ1) is 8.21. The molecule has 0 fully saturated rings. The normalized spacial score (nSPS) is 13.2. The molecule has 1 aromatic rings. The van der Waals surface area contributed by atoms with E-state index in [1.165, 1.54) is 0 Å². The van der Waals surface area contributed by atoms with Gasteiger partial charge in [0.25, 0.3) is 0 Å². The van der Waals surface area contributed by atoms with Crippen LogP contribution in [0.5, 0.6) is 0 Å². The fourth-order valence-electron chi connectivity index (χ4n) is 1.06. The van der Waals surface area contributed by atoms with Crippen molar-refractivity contribution < 1.29 is 31.5 Å². The molecule has 0 aromatic heterocycles. The maximum absolute atomic E-state index is 12.5. The predicted molar refractivity (Wildman–Crippen MR) is 60.2 cm³/mol. The van der Waals surface area contributed by atoms with Crippen LogP contribution in [0.1, 0.15) is 15.9 Å². The number of alkyl halides is 3. The highest BCUT2D eigenvalue weighted by atomic mass is 79.9. The molecule has 0 aliphatic carbocycles. The van der Waals surface area contributed by atoms with Crippen LogP contribution in [-0.4, -0.2) is 20.7 Å². The third-order valence-electron chi connectivity index (χ3n) is 1.80. The van der Waals surface area contributed by atoms with Crippen molar-refractivity contribution in [2.24, 2.45) is 0 Å². The number of halogens is 4. The monoisotopic (exact) mass is 346 g/mol. The molecule has 0 spiro atoms. The van der Waals surface area contributed by atoms with Gasteiger partial charge in [0.2, 0.25) is 0 Å². The Bertz CT molecular complexity index is 489. The van der Waals surface area contributed by atoms with Crippen molar-refractivity contribution >= 4 is 33.0 Å². The molecule has 100 valence electrons. The summed E-state index contributed by atoms with van der Waals surface area (Å²) in [4.78, 5) is 11.3. The molecule has 0 amide bonds. The number of ether oxygens (including phenoxy) is 1. The molecule has 0 aliphatic rings. The van der Waals surface area contributed by atoms with Crippen molar-refractivity contribution in [3.63, 3.8) is 0 Å². The van der Waals surface area contributed by atoms with E-state index < -0.39 is 34.7 Å². The van der Waals surface area contributed by atoms with E-state index in [1.54, 1.807) is 0 Å². The van der Waals surface area contributed by atoms with Gasteiger partial charge in [-0.3, -0.25) is 0 Å². The van der Waals surface area contributed by atoms with Crippen LogP contribution in [0.15, 0.2) is 22.7 Å². The van der Waals surface area contributed by atoms with Crippen molar-refractivity contribution in [2.75, 3.05) is 5.94 Å². The van der Waals surface area contributed by atoms with E-state index in [2.05, 4.69) is 20.7 Å². The average Bonchev–Trinajstić information content (AvgIpc) is 2.24. The van der Waals surface area contributed by atoms with Crippen LogP contribution in [0.2, 0.25) is 0 Å². The molecule has 4 nitrogen and oxygen atoms in total. The summed E-state index contributed by atoms with van der Waals surface area (Å²) >= 11 is 0.356. The SMILES string of the molecule is O=C(OCS(=O)O)c1ccc(Br)c(C(F)(F)F)c1. The third-order valence-corrected chi connectivity index (χ3v) is 2.81. The minimum Gasteiger partial charge on any atom is -0.446 e. The molecule has 1 rings (SSSR count). The van der Waals surface area contributed by atoms with Crippen LogP contribution in [0, 0.1) is 0 Å². The first kappa shape index (κ1) is 15.1. The van der Waals surface area contributed by atoms with Crippen molar-refractivity contribution in [1.29, 1.82) is 0 Å². The number of rotatable bonds is 3. The quantitative estimate of drug-likeness (QED) is 0.675. The number of benzene rings is 1. The topological polar surface area (TPSA) is 63.6 Å². The van der Waals surface area contributed by atoms with Gasteiger partial charge in [-0.25, -0.2) is 9.00 Å². The van der Waals surface area contributed by atoms with Gasteiger partial charge in [-0.15, -0.1) is 0 Å². The zero-order valence-electron chi connectivity index (χ0n) is 8.53. The van der Waals surface area contributed by atoms with Crippen molar-refractivity contribution in [3.05, 3.63) is 33.8 Å². The molecule has 0 saturated heterocycles. The Balaban J connectivity index is 2.98. The van der Waals surface area contributed by atoms with Crippen molar-refractivity contribution in [3.8, 4) is 0 Å². The van der Waals surface area contributed by atoms with Crippen LogP contribution in [0.3, 0.4) is 0 Å². The maximum atomic E-state index is 12.5. The second-order valence-corrected chi connectivity index (χ2v) is 4.80. The number of hydrogen-bond donors (Lipinski definition) is 1.